The van der Waals surface area contributed by atoms with Crippen LogP contribution in [0.5, 0.6) is 5.75 Å². The standard InChI is InChI=1S/C32H44O5.2C2H6/c1-4-35-32(34-3)18-14-23(2)13-15-25-16-17-27-20-29-26(19-28(25)27)11-8-12-30(29)36-22-31(33)37-21-24-9-6-5-7-10-24;2*1-2/h5-12,23,25,27-28,32H,4,13-22H2,1-3H3;2*1-2H3. The van der Waals surface area contributed by atoms with Crippen LogP contribution in [0, 0.1) is 23.7 Å². The van der Waals surface area contributed by atoms with Crippen LogP contribution in [0.25, 0.3) is 0 Å². The van der Waals surface area contributed by atoms with Crippen molar-refractivity contribution in [3.8, 4) is 5.75 Å². The lowest BCUT2D eigenvalue weighted by Crippen LogP contribution is -2.26. The zero-order chi connectivity index (χ0) is 30.0. The van der Waals surface area contributed by atoms with Crippen LogP contribution in [-0.4, -0.2) is 32.6 Å². The van der Waals surface area contributed by atoms with Crippen LogP contribution in [0.4, 0.5) is 0 Å². The SMILES string of the molecule is CC.CC.CCOC(CCC(C)CCC1CCC2Cc3c(cccc3OCC(=O)OCc3ccccc3)CC12)OC. The Balaban J connectivity index is 0.00000141. The van der Waals surface area contributed by atoms with Crippen molar-refractivity contribution in [1.82, 2.24) is 0 Å². The zero-order valence-corrected chi connectivity index (χ0v) is 26.8. The van der Waals surface area contributed by atoms with Crippen molar-refractivity contribution in [2.24, 2.45) is 23.7 Å². The van der Waals surface area contributed by atoms with Gasteiger partial charge in [-0.3, -0.25) is 0 Å². The van der Waals surface area contributed by atoms with Gasteiger partial charge in [0.25, 0.3) is 0 Å². The molecule has 0 saturated heterocycles. The number of benzene rings is 2. The van der Waals surface area contributed by atoms with Crippen molar-refractivity contribution in [2.75, 3.05) is 20.3 Å². The van der Waals surface area contributed by atoms with Gasteiger partial charge >= 0.3 is 5.97 Å². The fourth-order valence-corrected chi connectivity index (χ4v) is 6.31. The van der Waals surface area contributed by atoms with Crippen LogP contribution in [0.1, 0.15) is 96.8 Å². The molecule has 0 aliphatic heterocycles. The van der Waals surface area contributed by atoms with Crippen molar-refractivity contribution in [1.29, 1.82) is 0 Å². The Morgan fingerprint density at radius 1 is 0.927 bits per heavy atom. The van der Waals surface area contributed by atoms with E-state index in [4.69, 9.17) is 18.9 Å². The molecule has 2 aliphatic carbocycles. The van der Waals surface area contributed by atoms with Crippen molar-refractivity contribution in [2.45, 2.75) is 106 Å². The van der Waals surface area contributed by atoms with Crippen molar-refractivity contribution in [3.63, 3.8) is 0 Å². The molecule has 0 bridgehead atoms. The highest BCUT2D eigenvalue weighted by Gasteiger charge is 2.39. The fraction of sp³-hybridized carbons (Fsp3) is 0.639. The van der Waals surface area contributed by atoms with Gasteiger partial charge in [0.15, 0.2) is 12.9 Å². The molecule has 5 heteroatoms. The maximum Gasteiger partial charge on any atom is 0.344 e. The number of fused-ring (bicyclic) bond motifs is 2. The Morgan fingerprint density at radius 3 is 2.39 bits per heavy atom. The van der Waals surface area contributed by atoms with E-state index in [1.807, 2.05) is 71.0 Å². The van der Waals surface area contributed by atoms with E-state index in [2.05, 4.69) is 19.1 Å². The summed E-state index contributed by atoms with van der Waals surface area (Å²) in [5, 5.41) is 0. The van der Waals surface area contributed by atoms with E-state index >= 15 is 0 Å². The normalized spacial score (nSPS) is 20.2. The molecular formula is C36H56O5. The number of hydrogen-bond acceptors (Lipinski definition) is 5. The van der Waals surface area contributed by atoms with Crippen LogP contribution < -0.4 is 4.74 Å². The third-order valence-corrected chi connectivity index (χ3v) is 8.40. The average Bonchev–Trinajstić information content (AvgIpc) is 3.42. The molecule has 4 rings (SSSR count). The van der Waals surface area contributed by atoms with Gasteiger partial charge in [-0.2, -0.15) is 0 Å². The van der Waals surface area contributed by atoms with Crippen LogP contribution in [0.2, 0.25) is 0 Å². The van der Waals surface area contributed by atoms with Crippen LogP contribution >= 0.6 is 0 Å². The predicted molar refractivity (Wildman–Crippen MR) is 168 cm³/mol. The van der Waals surface area contributed by atoms with Gasteiger partial charge in [0, 0.05) is 13.7 Å². The van der Waals surface area contributed by atoms with Gasteiger partial charge in [0.2, 0.25) is 0 Å². The minimum atomic E-state index is -0.330. The molecule has 0 spiro atoms. The molecular weight excluding hydrogens is 512 g/mol. The Bertz CT molecular complexity index is 975. The Labute approximate surface area is 250 Å². The number of carbonyl (C=O) groups excluding carboxylic acids is 1. The summed E-state index contributed by atoms with van der Waals surface area (Å²) in [5.74, 6) is 3.51. The van der Waals surface area contributed by atoms with E-state index in [0.717, 1.165) is 54.7 Å². The number of ether oxygens (including phenoxy) is 4. The van der Waals surface area contributed by atoms with Gasteiger partial charge in [-0.05, 0) is 98.3 Å². The highest BCUT2D eigenvalue weighted by atomic mass is 16.7. The molecule has 230 valence electrons. The first kappa shape index (κ1) is 34.8. The molecule has 5 nitrogen and oxygen atoms in total. The largest absolute Gasteiger partial charge is 0.482 e. The summed E-state index contributed by atoms with van der Waals surface area (Å²) in [5.41, 5.74) is 3.68. The number of rotatable bonds is 14. The predicted octanol–water partition coefficient (Wildman–Crippen LogP) is 8.81. The van der Waals surface area contributed by atoms with Gasteiger partial charge in [-0.1, -0.05) is 83.5 Å². The van der Waals surface area contributed by atoms with Crippen LogP contribution in [-0.2, 0) is 38.5 Å². The highest BCUT2D eigenvalue weighted by Crippen LogP contribution is 2.48. The second-order valence-electron chi connectivity index (χ2n) is 10.9. The van der Waals surface area contributed by atoms with Gasteiger partial charge in [0.1, 0.15) is 12.4 Å². The number of hydrogen-bond donors (Lipinski definition) is 0. The monoisotopic (exact) mass is 568 g/mol. The third-order valence-electron chi connectivity index (χ3n) is 8.40. The van der Waals surface area contributed by atoms with E-state index in [-0.39, 0.29) is 25.5 Å². The van der Waals surface area contributed by atoms with Crippen molar-refractivity contribution < 1.29 is 23.7 Å². The Hall–Kier alpha value is -2.37. The summed E-state index contributed by atoms with van der Waals surface area (Å²) in [4.78, 5) is 12.3. The van der Waals surface area contributed by atoms with Gasteiger partial charge < -0.3 is 18.9 Å². The van der Waals surface area contributed by atoms with Crippen LogP contribution in [0.15, 0.2) is 48.5 Å². The molecule has 5 atom stereocenters. The molecule has 1 fully saturated rings. The van der Waals surface area contributed by atoms with E-state index in [0.29, 0.717) is 12.5 Å². The smallest absolute Gasteiger partial charge is 0.344 e. The molecule has 2 aliphatic rings. The minimum Gasteiger partial charge on any atom is -0.482 e. The zero-order valence-electron chi connectivity index (χ0n) is 26.8. The van der Waals surface area contributed by atoms with E-state index in [9.17, 15) is 4.79 Å². The molecule has 1 saturated carbocycles. The quantitative estimate of drug-likeness (QED) is 0.168. The maximum absolute atomic E-state index is 12.3. The molecule has 0 aromatic heterocycles. The first-order valence-corrected chi connectivity index (χ1v) is 16.1. The highest BCUT2D eigenvalue weighted by molar-refractivity contribution is 5.71. The Kier molecular flexibility index (Phi) is 16.7. The molecule has 0 radical (unpaired) electrons. The lowest BCUT2D eigenvalue weighted by atomic mass is 9.73. The number of carbonyl (C=O) groups is 1. The lowest BCUT2D eigenvalue weighted by molar-refractivity contribution is -0.147. The molecule has 2 aromatic rings. The third kappa shape index (κ3) is 11.1. The van der Waals surface area contributed by atoms with Crippen LogP contribution in [0.3, 0.4) is 0 Å². The second kappa shape index (κ2) is 19.7. The summed E-state index contributed by atoms with van der Waals surface area (Å²) in [6.45, 7) is 13.3. The van der Waals surface area contributed by atoms with Gasteiger partial charge in [-0.15, -0.1) is 0 Å². The van der Waals surface area contributed by atoms with Crippen molar-refractivity contribution in [3.05, 3.63) is 65.2 Å². The van der Waals surface area contributed by atoms with Gasteiger partial charge in [0.05, 0.1) is 0 Å². The molecule has 0 amide bonds. The first-order chi connectivity index (χ1) is 20.1. The summed E-state index contributed by atoms with van der Waals surface area (Å²) < 4.78 is 22.5. The minimum absolute atomic E-state index is 0.0505. The average molecular weight is 569 g/mol. The van der Waals surface area contributed by atoms with Gasteiger partial charge in [-0.25, -0.2) is 4.79 Å². The van der Waals surface area contributed by atoms with Crippen molar-refractivity contribution >= 4 is 5.97 Å². The summed E-state index contributed by atoms with van der Waals surface area (Å²) in [6.07, 6.45) is 9.46. The summed E-state index contributed by atoms with van der Waals surface area (Å²) in [7, 11) is 1.73. The van der Waals surface area contributed by atoms with E-state index in [1.165, 1.54) is 36.8 Å². The fourth-order valence-electron chi connectivity index (χ4n) is 6.31. The topological polar surface area (TPSA) is 54.0 Å². The first-order valence-electron chi connectivity index (χ1n) is 16.1. The summed E-state index contributed by atoms with van der Waals surface area (Å²) in [6, 6.07) is 16.1. The molecule has 41 heavy (non-hydrogen) atoms. The van der Waals surface area contributed by atoms with E-state index in [1.54, 1.807) is 7.11 Å². The maximum atomic E-state index is 12.3. The second-order valence-corrected chi connectivity index (χ2v) is 10.9. The molecule has 5 unspecified atom stereocenters. The molecule has 0 heterocycles. The number of esters is 1. The number of methoxy groups -OCH3 is 1. The molecule has 0 N–H and O–H groups in total. The molecule has 2 aromatic carbocycles. The van der Waals surface area contributed by atoms with E-state index < -0.39 is 0 Å². The Morgan fingerprint density at radius 2 is 1.68 bits per heavy atom. The lowest BCUT2D eigenvalue weighted by Gasteiger charge is -2.32. The summed E-state index contributed by atoms with van der Waals surface area (Å²) >= 11 is 0.